The zero-order valence-corrected chi connectivity index (χ0v) is 13.6. The summed E-state index contributed by atoms with van der Waals surface area (Å²) in [7, 11) is 0. The molecule has 7 heteroatoms. The molecular formula is C17H15N3O3S. The first-order valence-electron chi connectivity index (χ1n) is 7.65. The molecule has 3 aromatic rings. The monoisotopic (exact) mass is 341 g/mol. The molecule has 6 nitrogen and oxygen atoms in total. The highest BCUT2D eigenvalue weighted by Crippen LogP contribution is 2.35. The third-order valence-corrected chi connectivity index (χ3v) is 5.20. The van der Waals surface area contributed by atoms with Crippen LogP contribution in [0.1, 0.15) is 11.0 Å². The lowest BCUT2D eigenvalue weighted by Crippen LogP contribution is -2.38. The fourth-order valence-electron chi connectivity index (χ4n) is 3.11. The number of nitrogens with zero attached hydrogens (tertiary/aromatic N) is 3. The van der Waals surface area contributed by atoms with Crippen molar-refractivity contribution < 1.29 is 9.66 Å². The molecule has 0 bridgehead atoms. The van der Waals surface area contributed by atoms with Crippen molar-refractivity contribution in [1.29, 1.82) is 0 Å². The highest BCUT2D eigenvalue weighted by atomic mass is 32.1. The fraction of sp³-hybridized carbons (Fsp3) is 0.235. The SMILES string of the molecule is O=[N+]([O-])c1ccc(N2CCOC(c3cccs3)C2)c2ccncc12. The topological polar surface area (TPSA) is 68.5 Å². The fourth-order valence-corrected chi connectivity index (χ4v) is 3.87. The Labute approximate surface area is 142 Å². The molecule has 2 aromatic heterocycles. The lowest BCUT2D eigenvalue weighted by Gasteiger charge is -2.34. The van der Waals surface area contributed by atoms with E-state index in [2.05, 4.69) is 16.0 Å². The van der Waals surface area contributed by atoms with Crippen LogP contribution in [0.15, 0.2) is 48.1 Å². The van der Waals surface area contributed by atoms with Crippen molar-refractivity contribution in [2.45, 2.75) is 6.10 Å². The average Bonchev–Trinajstić information content (AvgIpc) is 3.15. The smallest absolute Gasteiger partial charge is 0.278 e. The van der Waals surface area contributed by atoms with Crippen LogP contribution in [0.4, 0.5) is 11.4 Å². The third-order valence-electron chi connectivity index (χ3n) is 4.24. The summed E-state index contributed by atoms with van der Waals surface area (Å²) in [6, 6.07) is 9.34. The van der Waals surface area contributed by atoms with E-state index in [1.807, 2.05) is 23.6 Å². The first kappa shape index (κ1) is 15.0. The molecule has 1 unspecified atom stereocenters. The lowest BCUT2D eigenvalue weighted by atomic mass is 10.1. The number of fused-ring (bicyclic) bond motifs is 1. The Morgan fingerprint density at radius 3 is 3.00 bits per heavy atom. The second-order valence-electron chi connectivity index (χ2n) is 5.60. The van der Waals surface area contributed by atoms with Gasteiger partial charge in [-0.1, -0.05) is 6.07 Å². The van der Waals surface area contributed by atoms with Crippen molar-refractivity contribution in [3.05, 3.63) is 63.1 Å². The van der Waals surface area contributed by atoms with Gasteiger partial charge in [-0.25, -0.2) is 0 Å². The van der Waals surface area contributed by atoms with Crippen LogP contribution < -0.4 is 4.90 Å². The second-order valence-corrected chi connectivity index (χ2v) is 6.58. The van der Waals surface area contributed by atoms with Gasteiger partial charge in [0.2, 0.25) is 0 Å². The van der Waals surface area contributed by atoms with Gasteiger partial charge in [-0.3, -0.25) is 15.1 Å². The highest BCUT2D eigenvalue weighted by molar-refractivity contribution is 7.10. The Hall–Kier alpha value is -2.51. The molecule has 24 heavy (non-hydrogen) atoms. The van der Waals surface area contributed by atoms with E-state index in [9.17, 15) is 10.1 Å². The Bertz CT molecular complexity index is 882. The van der Waals surface area contributed by atoms with E-state index in [4.69, 9.17) is 4.74 Å². The van der Waals surface area contributed by atoms with E-state index in [0.29, 0.717) is 12.0 Å². The summed E-state index contributed by atoms with van der Waals surface area (Å²) in [6.07, 6.45) is 3.27. The molecule has 1 fully saturated rings. The molecule has 1 aliphatic heterocycles. The number of rotatable bonds is 3. The summed E-state index contributed by atoms with van der Waals surface area (Å²) in [6.45, 7) is 2.12. The van der Waals surface area contributed by atoms with Crippen molar-refractivity contribution in [3.8, 4) is 0 Å². The van der Waals surface area contributed by atoms with E-state index >= 15 is 0 Å². The standard InChI is InChI=1S/C17H15N3O3S/c21-20(22)15-4-3-14(12-5-6-18-10-13(12)15)19-7-8-23-16(11-19)17-2-1-9-24-17/h1-6,9-10,16H,7-8,11H2. The maximum absolute atomic E-state index is 11.3. The Balaban J connectivity index is 1.74. The van der Waals surface area contributed by atoms with Gasteiger partial charge in [0.1, 0.15) is 6.10 Å². The number of morpholine rings is 1. The number of non-ortho nitro benzene ring substituents is 1. The predicted molar refractivity (Wildman–Crippen MR) is 93.6 cm³/mol. The van der Waals surface area contributed by atoms with E-state index in [1.165, 1.54) is 4.88 Å². The minimum atomic E-state index is -0.360. The maximum Gasteiger partial charge on any atom is 0.278 e. The largest absolute Gasteiger partial charge is 0.369 e. The summed E-state index contributed by atoms with van der Waals surface area (Å²) in [4.78, 5) is 18.4. The van der Waals surface area contributed by atoms with Crippen molar-refractivity contribution in [2.24, 2.45) is 0 Å². The summed E-state index contributed by atoms with van der Waals surface area (Å²) < 4.78 is 5.90. The summed E-state index contributed by atoms with van der Waals surface area (Å²) >= 11 is 1.69. The van der Waals surface area contributed by atoms with Gasteiger partial charge in [-0.15, -0.1) is 11.3 Å². The lowest BCUT2D eigenvalue weighted by molar-refractivity contribution is -0.383. The van der Waals surface area contributed by atoms with Gasteiger partial charge in [0, 0.05) is 47.5 Å². The van der Waals surface area contributed by atoms with Gasteiger partial charge in [-0.2, -0.15) is 0 Å². The molecule has 1 saturated heterocycles. The number of hydrogen-bond donors (Lipinski definition) is 0. The molecule has 0 amide bonds. The first-order valence-corrected chi connectivity index (χ1v) is 8.53. The number of nitro benzene ring substituents is 1. The van der Waals surface area contributed by atoms with E-state index in [1.54, 1.807) is 29.8 Å². The minimum absolute atomic E-state index is 0.0332. The molecule has 0 radical (unpaired) electrons. The predicted octanol–water partition coefficient (Wildman–Crippen LogP) is 3.78. The van der Waals surface area contributed by atoms with Crippen molar-refractivity contribution in [1.82, 2.24) is 4.98 Å². The summed E-state index contributed by atoms with van der Waals surface area (Å²) in [5.74, 6) is 0. The zero-order chi connectivity index (χ0) is 16.5. The van der Waals surface area contributed by atoms with Crippen LogP contribution in [0, 0.1) is 10.1 Å². The quantitative estimate of drug-likeness (QED) is 0.536. The van der Waals surface area contributed by atoms with Gasteiger partial charge >= 0.3 is 0 Å². The first-order chi connectivity index (χ1) is 11.7. The number of hydrogen-bond acceptors (Lipinski definition) is 6. The van der Waals surface area contributed by atoms with E-state index in [-0.39, 0.29) is 16.7 Å². The molecule has 1 atom stereocenters. The number of aromatic nitrogens is 1. The second kappa shape index (κ2) is 6.18. The number of nitro groups is 1. The van der Waals surface area contributed by atoms with Gasteiger partial charge in [0.25, 0.3) is 5.69 Å². The number of benzene rings is 1. The van der Waals surface area contributed by atoms with Gasteiger partial charge in [0.05, 0.1) is 16.9 Å². The minimum Gasteiger partial charge on any atom is -0.369 e. The number of ether oxygens (including phenoxy) is 1. The molecule has 0 saturated carbocycles. The van der Waals surface area contributed by atoms with Crippen LogP contribution in [-0.4, -0.2) is 29.6 Å². The van der Waals surface area contributed by atoms with Crippen LogP contribution >= 0.6 is 11.3 Å². The molecule has 1 aromatic carbocycles. The van der Waals surface area contributed by atoms with Crippen LogP contribution in [0.2, 0.25) is 0 Å². The average molecular weight is 341 g/mol. The molecule has 122 valence electrons. The van der Waals surface area contributed by atoms with Crippen molar-refractivity contribution >= 4 is 33.5 Å². The van der Waals surface area contributed by atoms with Crippen molar-refractivity contribution in [3.63, 3.8) is 0 Å². The van der Waals surface area contributed by atoms with E-state index in [0.717, 1.165) is 24.2 Å². The van der Waals surface area contributed by atoms with Crippen LogP contribution in [0.5, 0.6) is 0 Å². The Morgan fingerprint density at radius 2 is 2.21 bits per heavy atom. The molecule has 3 heterocycles. The molecule has 1 aliphatic rings. The highest BCUT2D eigenvalue weighted by Gasteiger charge is 2.25. The zero-order valence-electron chi connectivity index (χ0n) is 12.8. The maximum atomic E-state index is 11.3. The summed E-state index contributed by atoms with van der Waals surface area (Å²) in [5, 5.41) is 14.7. The van der Waals surface area contributed by atoms with E-state index < -0.39 is 0 Å². The van der Waals surface area contributed by atoms with Crippen molar-refractivity contribution in [2.75, 3.05) is 24.6 Å². The third kappa shape index (κ3) is 2.61. The van der Waals surface area contributed by atoms with Gasteiger partial charge in [0.15, 0.2) is 0 Å². The molecule has 4 rings (SSSR count). The number of pyridine rings is 1. The van der Waals surface area contributed by atoms with Crippen LogP contribution in [-0.2, 0) is 4.74 Å². The van der Waals surface area contributed by atoms with Crippen LogP contribution in [0.3, 0.4) is 0 Å². The summed E-state index contributed by atoms with van der Waals surface area (Å²) in [5.41, 5.74) is 1.08. The number of thiophene rings is 1. The normalized spacial score (nSPS) is 18.0. The molecule has 0 N–H and O–H groups in total. The molecular weight excluding hydrogens is 326 g/mol. The molecule has 0 aliphatic carbocycles. The van der Waals surface area contributed by atoms with Crippen LogP contribution in [0.25, 0.3) is 10.8 Å². The van der Waals surface area contributed by atoms with Gasteiger partial charge in [-0.05, 0) is 23.6 Å². The Kier molecular flexibility index (Phi) is 3.87. The number of anilines is 1. The molecule has 0 spiro atoms. The Morgan fingerprint density at radius 1 is 1.29 bits per heavy atom. The van der Waals surface area contributed by atoms with Gasteiger partial charge < -0.3 is 9.64 Å².